The Morgan fingerprint density at radius 1 is 1.11 bits per heavy atom. The molecular weight excluding hydrogens is 220 g/mol. The van der Waals surface area contributed by atoms with Crippen molar-refractivity contribution in [2.45, 2.75) is 39.2 Å². The molecule has 100 valence electrons. The molecule has 18 heavy (non-hydrogen) atoms. The molecule has 3 saturated heterocycles. The molecule has 3 fully saturated rings. The smallest absolute Gasteiger partial charge is 0.0417 e. The van der Waals surface area contributed by atoms with E-state index in [1.807, 2.05) is 0 Å². The minimum atomic E-state index is 0.676. The van der Waals surface area contributed by atoms with Crippen LogP contribution in [-0.2, 0) is 0 Å². The molecular formula is C16H26N2. The Labute approximate surface area is 111 Å². The Bertz CT molecular complexity index is 328. The lowest BCUT2D eigenvalue weighted by Gasteiger charge is -2.45. The Balaban J connectivity index is 0.000000367. The van der Waals surface area contributed by atoms with E-state index in [4.69, 9.17) is 0 Å². The van der Waals surface area contributed by atoms with E-state index < -0.39 is 0 Å². The molecule has 0 radical (unpaired) electrons. The van der Waals surface area contributed by atoms with Crippen LogP contribution in [0.25, 0.3) is 0 Å². The quantitative estimate of drug-likeness (QED) is 0.857. The van der Waals surface area contributed by atoms with Gasteiger partial charge in [-0.05, 0) is 44.0 Å². The molecule has 1 aromatic rings. The molecule has 2 nitrogen and oxygen atoms in total. The summed E-state index contributed by atoms with van der Waals surface area (Å²) in [6, 6.07) is 11.3. The standard InChI is InChI=1S/C13H18N2.C3H8/c1-2-4-12(5-3-1)14-13-10-15-8-6-11(13)7-9-15;1-3-2/h1-5,11,13-14H,6-10H2;3H2,1-2H3/t13-;/m0./s1. The van der Waals surface area contributed by atoms with Crippen LogP contribution >= 0.6 is 0 Å². The first-order chi connectivity index (χ1) is 8.83. The van der Waals surface area contributed by atoms with Crippen molar-refractivity contribution in [1.29, 1.82) is 0 Å². The van der Waals surface area contributed by atoms with E-state index in [1.165, 1.54) is 44.6 Å². The van der Waals surface area contributed by atoms with Crippen LogP contribution in [0.3, 0.4) is 0 Å². The Hall–Kier alpha value is -1.02. The summed E-state index contributed by atoms with van der Waals surface area (Å²) in [5.41, 5.74) is 1.27. The van der Waals surface area contributed by atoms with Gasteiger partial charge in [-0.25, -0.2) is 0 Å². The van der Waals surface area contributed by atoms with Gasteiger partial charge in [0.1, 0.15) is 0 Å². The predicted octanol–water partition coefficient (Wildman–Crippen LogP) is 3.61. The first-order valence-corrected chi connectivity index (χ1v) is 7.37. The molecule has 1 atom stereocenters. The lowest BCUT2D eigenvalue weighted by atomic mass is 9.84. The van der Waals surface area contributed by atoms with Crippen molar-refractivity contribution in [1.82, 2.24) is 4.90 Å². The SMILES string of the molecule is CCC.c1ccc(N[C@H]2CN3CCC2CC3)cc1. The van der Waals surface area contributed by atoms with Crippen molar-refractivity contribution >= 4 is 5.69 Å². The Morgan fingerprint density at radius 2 is 1.72 bits per heavy atom. The zero-order chi connectivity index (χ0) is 12.8. The average Bonchev–Trinajstić information content (AvgIpc) is 2.42. The summed E-state index contributed by atoms with van der Waals surface area (Å²) >= 11 is 0. The number of hydrogen-bond acceptors (Lipinski definition) is 2. The predicted molar refractivity (Wildman–Crippen MR) is 79.0 cm³/mol. The van der Waals surface area contributed by atoms with Crippen LogP contribution in [-0.4, -0.2) is 30.6 Å². The summed E-state index contributed by atoms with van der Waals surface area (Å²) in [5, 5.41) is 3.67. The van der Waals surface area contributed by atoms with Gasteiger partial charge in [-0.1, -0.05) is 38.5 Å². The van der Waals surface area contributed by atoms with Gasteiger partial charge in [0.15, 0.2) is 0 Å². The number of benzene rings is 1. The van der Waals surface area contributed by atoms with Crippen LogP contribution in [0.4, 0.5) is 5.69 Å². The number of nitrogens with zero attached hydrogens (tertiary/aromatic N) is 1. The molecule has 2 bridgehead atoms. The Morgan fingerprint density at radius 3 is 2.22 bits per heavy atom. The Kier molecular flexibility index (Phi) is 5.06. The van der Waals surface area contributed by atoms with Crippen molar-refractivity contribution < 1.29 is 0 Å². The number of rotatable bonds is 2. The highest BCUT2D eigenvalue weighted by Crippen LogP contribution is 2.29. The molecule has 0 aromatic heterocycles. The monoisotopic (exact) mass is 246 g/mol. The fourth-order valence-electron chi connectivity index (χ4n) is 2.88. The molecule has 0 spiro atoms. The van der Waals surface area contributed by atoms with Crippen LogP contribution in [0.15, 0.2) is 30.3 Å². The summed E-state index contributed by atoms with van der Waals surface area (Å²) in [6.07, 6.45) is 4.01. The lowest BCUT2D eigenvalue weighted by molar-refractivity contribution is 0.0975. The van der Waals surface area contributed by atoms with E-state index in [1.54, 1.807) is 0 Å². The minimum absolute atomic E-state index is 0.676. The summed E-state index contributed by atoms with van der Waals surface area (Å²) < 4.78 is 0. The van der Waals surface area contributed by atoms with Crippen molar-refractivity contribution in [3.8, 4) is 0 Å². The van der Waals surface area contributed by atoms with Crippen LogP contribution in [0.5, 0.6) is 0 Å². The molecule has 3 aliphatic heterocycles. The van der Waals surface area contributed by atoms with E-state index in [0.29, 0.717) is 6.04 Å². The third-order valence-corrected chi connectivity index (χ3v) is 3.78. The third-order valence-electron chi connectivity index (χ3n) is 3.78. The van der Waals surface area contributed by atoms with Gasteiger partial charge in [0.25, 0.3) is 0 Å². The second-order valence-corrected chi connectivity index (χ2v) is 5.46. The van der Waals surface area contributed by atoms with E-state index >= 15 is 0 Å². The maximum Gasteiger partial charge on any atom is 0.0417 e. The zero-order valence-electron chi connectivity index (χ0n) is 11.7. The first kappa shape index (κ1) is 13.4. The van der Waals surface area contributed by atoms with Crippen LogP contribution in [0.1, 0.15) is 33.1 Å². The number of nitrogens with one attached hydrogen (secondary N) is 1. The van der Waals surface area contributed by atoms with Crippen LogP contribution in [0, 0.1) is 5.92 Å². The largest absolute Gasteiger partial charge is 0.381 e. The van der Waals surface area contributed by atoms with Crippen molar-refractivity contribution in [2.75, 3.05) is 25.0 Å². The van der Waals surface area contributed by atoms with Crippen LogP contribution in [0.2, 0.25) is 0 Å². The molecule has 0 unspecified atom stereocenters. The fraction of sp³-hybridized carbons (Fsp3) is 0.625. The minimum Gasteiger partial charge on any atom is -0.381 e. The maximum absolute atomic E-state index is 3.67. The first-order valence-electron chi connectivity index (χ1n) is 7.37. The molecule has 4 rings (SSSR count). The van der Waals surface area contributed by atoms with Crippen molar-refractivity contribution in [3.63, 3.8) is 0 Å². The van der Waals surface area contributed by atoms with E-state index in [2.05, 4.69) is 54.4 Å². The molecule has 0 aliphatic carbocycles. The highest BCUT2D eigenvalue weighted by atomic mass is 15.2. The topological polar surface area (TPSA) is 15.3 Å². The zero-order valence-corrected chi connectivity index (χ0v) is 11.7. The van der Waals surface area contributed by atoms with E-state index in [0.717, 1.165) is 5.92 Å². The van der Waals surface area contributed by atoms with Crippen LogP contribution < -0.4 is 5.32 Å². The molecule has 0 saturated carbocycles. The van der Waals surface area contributed by atoms with Gasteiger partial charge in [0, 0.05) is 18.3 Å². The van der Waals surface area contributed by atoms with Crippen molar-refractivity contribution in [3.05, 3.63) is 30.3 Å². The maximum atomic E-state index is 3.67. The second kappa shape index (κ2) is 6.79. The molecule has 1 N–H and O–H groups in total. The van der Waals surface area contributed by atoms with Gasteiger partial charge in [-0.15, -0.1) is 0 Å². The highest BCUT2D eigenvalue weighted by molar-refractivity contribution is 5.43. The van der Waals surface area contributed by atoms with Gasteiger partial charge >= 0.3 is 0 Å². The molecule has 3 heterocycles. The number of anilines is 1. The van der Waals surface area contributed by atoms with Gasteiger partial charge in [-0.2, -0.15) is 0 Å². The van der Waals surface area contributed by atoms with Gasteiger partial charge in [0.2, 0.25) is 0 Å². The highest BCUT2D eigenvalue weighted by Gasteiger charge is 2.33. The average molecular weight is 246 g/mol. The lowest BCUT2D eigenvalue weighted by Crippen LogP contribution is -2.53. The van der Waals surface area contributed by atoms with E-state index in [-0.39, 0.29) is 0 Å². The van der Waals surface area contributed by atoms with Gasteiger partial charge in [0.05, 0.1) is 0 Å². The third kappa shape index (κ3) is 3.49. The summed E-state index contributed by atoms with van der Waals surface area (Å²) in [7, 11) is 0. The summed E-state index contributed by atoms with van der Waals surface area (Å²) in [4.78, 5) is 2.58. The number of para-hydroxylation sites is 1. The molecule has 3 aliphatic rings. The number of piperidine rings is 3. The second-order valence-electron chi connectivity index (χ2n) is 5.46. The van der Waals surface area contributed by atoms with E-state index in [9.17, 15) is 0 Å². The summed E-state index contributed by atoms with van der Waals surface area (Å²) in [5.74, 6) is 0.898. The van der Waals surface area contributed by atoms with Gasteiger partial charge in [-0.3, -0.25) is 0 Å². The number of hydrogen-bond donors (Lipinski definition) is 1. The fourth-order valence-corrected chi connectivity index (χ4v) is 2.88. The number of fused-ring (bicyclic) bond motifs is 3. The molecule has 0 amide bonds. The van der Waals surface area contributed by atoms with Crippen molar-refractivity contribution in [2.24, 2.45) is 5.92 Å². The van der Waals surface area contributed by atoms with Gasteiger partial charge < -0.3 is 10.2 Å². The molecule has 1 aromatic carbocycles. The normalized spacial score (nSPS) is 29.3. The molecule has 2 heteroatoms. The summed E-state index contributed by atoms with van der Waals surface area (Å²) in [6.45, 7) is 8.12.